The first-order valence-corrected chi connectivity index (χ1v) is 32.1. The van der Waals surface area contributed by atoms with Gasteiger partial charge >= 0.3 is 12.1 Å². The fraction of sp³-hybridized carbons (Fsp3) is 0.594. The number of aliphatic carboxylic acids is 1. The fourth-order valence-corrected chi connectivity index (χ4v) is 10.00. The molecule has 93 heavy (non-hydrogen) atoms. The highest BCUT2D eigenvalue weighted by Crippen LogP contribution is 2.37. The molecule has 11 N–H and O–H groups in total. The van der Waals surface area contributed by atoms with E-state index >= 15 is 0 Å². The number of hydrogen-bond donors (Lipinski definition) is 11. The van der Waals surface area contributed by atoms with E-state index in [-0.39, 0.29) is 18.8 Å². The maximum atomic E-state index is 14.7. The summed E-state index contributed by atoms with van der Waals surface area (Å²) in [6, 6.07) is 17.1. The molecule has 0 radical (unpaired) electrons. The Bertz CT molecular complexity index is 2830. The Hall–Kier alpha value is -7.96. The van der Waals surface area contributed by atoms with Crippen molar-refractivity contribution >= 4 is 59.3 Å². The monoisotopic (exact) mass is 1300 g/mol. The second-order valence-electron chi connectivity index (χ2n) is 27.3. The van der Waals surface area contributed by atoms with Gasteiger partial charge in [-0.2, -0.15) is 0 Å². The summed E-state index contributed by atoms with van der Waals surface area (Å²) in [6.45, 7) is 27.7. The summed E-state index contributed by atoms with van der Waals surface area (Å²) in [4.78, 5) is 141. The SMILES string of the molecule is CCCC[C@@H](NC(=O)[C@H](CC(C)C)NC(=O)[C@@H](NC(=O)OC(C)(C)C)[C@H](O)C(C)C)C(=O)NC(C(=O)N[C@H](C(=O)NCC(=O)N[C@@H](CC(=O)NC(c1ccccc1)(c1ccccc1)c1ccccc1)C(=O)N[C@@H](COC(C)(C)C)C(=O)O)[C@H](C)OC(C)(C)C)[C@@H](C)CC. The van der Waals surface area contributed by atoms with Gasteiger partial charge in [-0.3, -0.25) is 38.4 Å². The van der Waals surface area contributed by atoms with E-state index in [0.29, 0.717) is 36.0 Å². The number of carboxylic acids is 1. The van der Waals surface area contributed by atoms with Gasteiger partial charge in [0.05, 0.1) is 43.0 Å². The Morgan fingerprint density at radius 1 is 0.505 bits per heavy atom. The van der Waals surface area contributed by atoms with Crippen LogP contribution < -0.4 is 47.9 Å². The first kappa shape index (κ1) is 79.3. The Morgan fingerprint density at radius 2 is 0.978 bits per heavy atom. The summed E-state index contributed by atoms with van der Waals surface area (Å²) in [6.07, 6.45) is -2.59. The van der Waals surface area contributed by atoms with Gasteiger partial charge in [-0.1, -0.05) is 159 Å². The average Bonchev–Trinajstić information content (AvgIpc) is 0.763. The van der Waals surface area contributed by atoms with Crippen molar-refractivity contribution in [2.45, 2.75) is 233 Å². The van der Waals surface area contributed by atoms with Crippen LogP contribution in [0.5, 0.6) is 0 Å². The minimum Gasteiger partial charge on any atom is -0.480 e. The highest BCUT2D eigenvalue weighted by Gasteiger charge is 2.42. The van der Waals surface area contributed by atoms with Crippen LogP contribution in [0.4, 0.5) is 4.79 Å². The molecule has 0 saturated heterocycles. The number of aliphatic hydroxyl groups excluding tert-OH is 1. The lowest BCUT2D eigenvalue weighted by atomic mass is 9.77. The summed E-state index contributed by atoms with van der Waals surface area (Å²) in [5.74, 6) is -9.65. The number of amides is 9. The van der Waals surface area contributed by atoms with Crippen molar-refractivity contribution in [3.63, 3.8) is 0 Å². The molecule has 0 aliphatic rings. The van der Waals surface area contributed by atoms with Crippen molar-refractivity contribution in [2.24, 2.45) is 17.8 Å². The Kier molecular flexibility index (Phi) is 31.1. The third kappa shape index (κ3) is 26.5. The minimum atomic E-state index is -1.75. The lowest BCUT2D eigenvalue weighted by molar-refractivity contribution is -0.146. The molecule has 24 nitrogen and oxygen atoms in total. The fourth-order valence-electron chi connectivity index (χ4n) is 10.00. The highest BCUT2D eigenvalue weighted by atomic mass is 16.6. The van der Waals surface area contributed by atoms with E-state index < -0.39 is 168 Å². The molecule has 1 unspecified atom stereocenters. The van der Waals surface area contributed by atoms with Crippen molar-refractivity contribution in [2.75, 3.05) is 13.2 Å². The molecule has 9 amide bonds. The summed E-state index contributed by atoms with van der Waals surface area (Å²) in [5.41, 5.74) is -2.04. The van der Waals surface area contributed by atoms with Crippen molar-refractivity contribution in [1.82, 2.24) is 47.9 Å². The largest absolute Gasteiger partial charge is 0.480 e. The maximum Gasteiger partial charge on any atom is 0.408 e. The zero-order valence-electron chi connectivity index (χ0n) is 57.4. The summed E-state index contributed by atoms with van der Waals surface area (Å²) in [7, 11) is 0. The molecule has 0 aliphatic heterocycles. The predicted molar refractivity (Wildman–Crippen MR) is 353 cm³/mol. The van der Waals surface area contributed by atoms with Gasteiger partial charge in [0.25, 0.3) is 0 Å². The van der Waals surface area contributed by atoms with Gasteiger partial charge in [-0.25, -0.2) is 9.59 Å². The van der Waals surface area contributed by atoms with Gasteiger partial charge in [0, 0.05) is 0 Å². The van der Waals surface area contributed by atoms with Crippen LogP contribution in [0.15, 0.2) is 91.0 Å². The van der Waals surface area contributed by atoms with E-state index in [1.807, 2.05) is 112 Å². The molecule has 0 aliphatic carbocycles. The number of ether oxygens (including phenoxy) is 3. The van der Waals surface area contributed by atoms with Gasteiger partial charge in [0.2, 0.25) is 47.3 Å². The molecule has 0 aromatic heterocycles. The van der Waals surface area contributed by atoms with Crippen LogP contribution in [-0.2, 0) is 62.9 Å². The quantitative estimate of drug-likeness (QED) is 0.0310. The molecule has 24 heteroatoms. The van der Waals surface area contributed by atoms with Gasteiger partial charge in [-0.05, 0) is 117 Å². The Labute approximate surface area is 549 Å². The summed E-state index contributed by atoms with van der Waals surface area (Å²) >= 11 is 0. The standard InChI is InChI=1S/C69H105N9O15/c1-18-20-36-48(72-59(83)49(37-41(3)4)73-63(87)56(57(81)42(5)6)77-65(90)93-68(15,16)17)58(82)75-54(43(7)19-2)62(86)76-55(44(8)92-67(12,13)14)61(85)70-39-53(80)71-50(60(84)74-51(64(88)89)40-91-66(9,10)11)38-52(79)78-69(45-30-24-21-25-31-45,46-32-26-22-27-33-46)47-34-28-23-29-35-47/h21-35,41-44,48-51,54-57,81H,18-20,36-40H2,1-17H3,(H,70,85)(H,71,80)(H,72,83)(H,73,87)(H,74,84)(H,75,82)(H,76,86)(H,77,90)(H,78,79)(H,88,89)/t43-,44-,48+,49-,50-,51-,54?,55-,56-,57+/m0/s1. The molecule has 3 aromatic carbocycles. The summed E-state index contributed by atoms with van der Waals surface area (Å²) < 4.78 is 17.3. The van der Waals surface area contributed by atoms with Crippen LogP contribution in [-0.4, -0.2) is 154 Å². The number of carbonyl (C=O) groups is 10. The number of carboxylic acid groups (broad SMARTS) is 1. The minimum absolute atomic E-state index is 0.0859. The molecule has 3 aromatic rings. The number of hydrogen-bond acceptors (Lipinski definition) is 14. The van der Waals surface area contributed by atoms with Crippen LogP contribution >= 0.6 is 0 Å². The van der Waals surface area contributed by atoms with Crippen molar-refractivity contribution in [3.05, 3.63) is 108 Å². The molecule has 0 spiro atoms. The topological polar surface area (TPSA) is 347 Å². The zero-order valence-corrected chi connectivity index (χ0v) is 57.4. The number of alkyl carbamates (subject to hydrolysis) is 1. The highest BCUT2D eigenvalue weighted by molar-refractivity contribution is 5.98. The Balaban J connectivity index is 1.99. The van der Waals surface area contributed by atoms with E-state index in [2.05, 4.69) is 47.9 Å². The second kappa shape index (κ2) is 36.5. The number of benzene rings is 3. The normalized spacial score (nSPS) is 15.2. The number of nitrogens with one attached hydrogen (secondary N) is 9. The first-order chi connectivity index (χ1) is 43.3. The van der Waals surface area contributed by atoms with Gasteiger partial charge < -0.3 is 72.3 Å². The average molecular weight is 1300 g/mol. The molecule has 516 valence electrons. The van der Waals surface area contributed by atoms with Gasteiger partial charge in [-0.15, -0.1) is 0 Å². The maximum absolute atomic E-state index is 14.7. The third-order valence-corrected chi connectivity index (χ3v) is 14.9. The number of rotatable bonds is 35. The van der Waals surface area contributed by atoms with Crippen LogP contribution in [0.3, 0.4) is 0 Å². The van der Waals surface area contributed by atoms with Crippen molar-refractivity contribution < 1.29 is 72.4 Å². The molecular weight excluding hydrogens is 1190 g/mol. The lowest BCUT2D eigenvalue weighted by Gasteiger charge is -2.37. The van der Waals surface area contributed by atoms with Crippen LogP contribution in [0.2, 0.25) is 0 Å². The number of carbonyl (C=O) groups excluding carboxylic acids is 9. The van der Waals surface area contributed by atoms with Crippen LogP contribution in [0.1, 0.15) is 173 Å². The smallest absolute Gasteiger partial charge is 0.408 e. The second-order valence-corrected chi connectivity index (χ2v) is 27.3. The molecule has 3 rings (SSSR count). The van der Waals surface area contributed by atoms with Crippen LogP contribution in [0.25, 0.3) is 0 Å². The van der Waals surface area contributed by atoms with E-state index in [9.17, 15) is 58.2 Å². The summed E-state index contributed by atoms with van der Waals surface area (Å²) in [5, 5.41) is 45.3. The van der Waals surface area contributed by atoms with Crippen molar-refractivity contribution in [1.29, 1.82) is 0 Å². The zero-order chi connectivity index (χ0) is 70.2. The molecule has 0 heterocycles. The van der Waals surface area contributed by atoms with Gasteiger partial charge in [0.1, 0.15) is 47.4 Å². The number of unbranched alkanes of at least 4 members (excludes halogenated alkanes) is 1. The Morgan fingerprint density at radius 3 is 1.43 bits per heavy atom. The molecule has 10 atom stereocenters. The third-order valence-electron chi connectivity index (χ3n) is 14.9. The van der Waals surface area contributed by atoms with E-state index in [1.54, 1.807) is 90.0 Å². The molecule has 0 saturated carbocycles. The van der Waals surface area contributed by atoms with E-state index in [0.717, 1.165) is 0 Å². The van der Waals surface area contributed by atoms with E-state index in [4.69, 9.17) is 14.2 Å². The molecule has 0 fully saturated rings. The molecular formula is C69H105N9O15. The predicted octanol–water partition coefficient (Wildman–Crippen LogP) is 5.81. The molecule has 0 bridgehead atoms. The van der Waals surface area contributed by atoms with Crippen LogP contribution in [0, 0.1) is 17.8 Å². The lowest BCUT2D eigenvalue weighted by Crippen LogP contribution is -2.62. The van der Waals surface area contributed by atoms with Gasteiger partial charge in [0.15, 0.2) is 6.04 Å². The first-order valence-electron chi connectivity index (χ1n) is 32.1. The number of aliphatic hydroxyl groups is 1. The van der Waals surface area contributed by atoms with E-state index in [1.165, 1.54) is 6.92 Å². The van der Waals surface area contributed by atoms with Crippen molar-refractivity contribution in [3.8, 4) is 0 Å².